The molecule has 0 aromatic heterocycles. The van der Waals surface area contributed by atoms with Crippen LogP contribution in [-0.4, -0.2) is 18.6 Å². The number of rotatable bonds is 9. The highest BCUT2D eigenvalue weighted by Crippen LogP contribution is 2.27. The molecule has 0 saturated heterocycles. The summed E-state index contributed by atoms with van der Waals surface area (Å²) in [4.78, 5) is 12.0. The molecule has 0 heterocycles. The van der Waals surface area contributed by atoms with Crippen molar-refractivity contribution in [3.63, 3.8) is 0 Å². The molecule has 1 atom stereocenters. The molecule has 1 unspecified atom stereocenters. The van der Waals surface area contributed by atoms with E-state index in [0.29, 0.717) is 35.2 Å². The number of benzene rings is 2. The zero-order valence-corrected chi connectivity index (χ0v) is 15.8. The summed E-state index contributed by atoms with van der Waals surface area (Å²) >= 11 is 11.9. The molecule has 1 amide bonds. The molecule has 0 aliphatic heterocycles. The lowest BCUT2D eigenvalue weighted by Crippen LogP contribution is -2.32. The first kappa shape index (κ1) is 19.6. The monoisotopic (exact) mass is 379 g/mol. The highest BCUT2D eigenvalue weighted by Gasteiger charge is 2.08. The average molecular weight is 380 g/mol. The molecule has 0 aliphatic rings. The van der Waals surface area contributed by atoms with E-state index in [1.165, 1.54) is 5.56 Å². The molecular weight excluding hydrogens is 357 g/mol. The Labute approximate surface area is 159 Å². The third-order valence-electron chi connectivity index (χ3n) is 3.82. The number of amides is 1. The molecular formula is C20H23Cl2NO2. The van der Waals surface area contributed by atoms with E-state index in [0.717, 1.165) is 12.8 Å². The van der Waals surface area contributed by atoms with Gasteiger partial charge < -0.3 is 10.1 Å². The van der Waals surface area contributed by atoms with Crippen molar-refractivity contribution in [3.05, 3.63) is 64.1 Å². The molecule has 0 radical (unpaired) electrons. The lowest BCUT2D eigenvalue weighted by atomic mass is 10.1. The molecule has 25 heavy (non-hydrogen) atoms. The number of carbonyl (C=O) groups is 1. The first-order valence-electron chi connectivity index (χ1n) is 8.45. The first-order chi connectivity index (χ1) is 12.0. The van der Waals surface area contributed by atoms with Crippen LogP contribution in [0.4, 0.5) is 0 Å². The van der Waals surface area contributed by atoms with Crippen LogP contribution >= 0.6 is 23.2 Å². The zero-order valence-electron chi connectivity index (χ0n) is 14.3. The maximum absolute atomic E-state index is 12.0. The Morgan fingerprint density at radius 2 is 1.92 bits per heavy atom. The molecule has 2 rings (SSSR count). The summed E-state index contributed by atoms with van der Waals surface area (Å²) in [6.07, 6.45) is 2.95. The van der Waals surface area contributed by atoms with Crippen molar-refractivity contribution in [1.82, 2.24) is 5.32 Å². The topological polar surface area (TPSA) is 38.3 Å². The van der Waals surface area contributed by atoms with Gasteiger partial charge in [-0.05, 0) is 49.9 Å². The number of halogens is 2. The molecule has 0 saturated carbocycles. The minimum absolute atomic E-state index is 0.0476. The van der Waals surface area contributed by atoms with Crippen molar-refractivity contribution in [2.24, 2.45) is 0 Å². The minimum Gasteiger partial charge on any atom is -0.492 e. The summed E-state index contributed by atoms with van der Waals surface area (Å²) in [7, 11) is 0. The van der Waals surface area contributed by atoms with E-state index in [9.17, 15) is 4.79 Å². The van der Waals surface area contributed by atoms with E-state index < -0.39 is 0 Å². The quantitative estimate of drug-likeness (QED) is 0.601. The Hall–Kier alpha value is -1.71. The fourth-order valence-electron chi connectivity index (χ4n) is 2.45. The van der Waals surface area contributed by atoms with Gasteiger partial charge in [-0.2, -0.15) is 0 Å². The van der Waals surface area contributed by atoms with Crippen LogP contribution < -0.4 is 10.1 Å². The van der Waals surface area contributed by atoms with E-state index in [1.54, 1.807) is 18.2 Å². The molecule has 5 heteroatoms. The van der Waals surface area contributed by atoms with Crippen LogP contribution in [0.25, 0.3) is 0 Å². The lowest BCUT2D eigenvalue weighted by molar-refractivity contribution is -0.121. The van der Waals surface area contributed by atoms with Crippen molar-refractivity contribution in [3.8, 4) is 5.75 Å². The predicted octanol–water partition coefficient (Wildman–Crippen LogP) is 5.29. The Balaban J connectivity index is 1.61. The second kappa shape index (κ2) is 10.3. The fourth-order valence-corrected chi connectivity index (χ4v) is 2.92. The Kier molecular flexibility index (Phi) is 8.10. The largest absolute Gasteiger partial charge is 0.492 e. The van der Waals surface area contributed by atoms with Crippen LogP contribution in [-0.2, 0) is 11.2 Å². The van der Waals surface area contributed by atoms with Gasteiger partial charge in [0.1, 0.15) is 5.75 Å². The summed E-state index contributed by atoms with van der Waals surface area (Å²) in [5, 5.41) is 4.08. The second-order valence-electron chi connectivity index (χ2n) is 6.02. The number of hydrogen-bond donors (Lipinski definition) is 1. The molecule has 0 spiro atoms. The van der Waals surface area contributed by atoms with E-state index in [4.69, 9.17) is 27.9 Å². The van der Waals surface area contributed by atoms with Gasteiger partial charge in [-0.1, -0.05) is 53.5 Å². The van der Waals surface area contributed by atoms with Crippen molar-refractivity contribution in [1.29, 1.82) is 0 Å². The van der Waals surface area contributed by atoms with Crippen molar-refractivity contribution < 1.29 is 9.53 Å². The first-order valence-corrected chi connectivity index (χ1v) is 9.21. The highest BCUT2D eigenvalue weighted by molar-refractivity contribution is 6.35. The van der Waals surface area contributed by atoms with Gasteiger partial charge in [0.05, 0.1) is 11.6 Å². The van der Waals surface area contributed by atoms with E-state index >= 15 is 0 Å². The number of nitrogens with one attached hydrogen (secondary N) is 1. The van der Waals surface area contributed by atoms with E-state index in [-0.39, 0.29) is 11.9 Å². The van der Waals surface area contributed by atoms with Crippen molar-refractivity contribution in [2.45, 2.75) is 38.6 Å². The summed E-state index contributed by atoms with van der Waals surface area (Å²) in [5.74, 6) is 0.633. The smallest absolute Gasteiger partial charge is 0.220 e. The van der Waals surface area contributed by atoms with Gasteiger partial charge in [-0.25, -0.2) is 0 Å². The number of carbonyl (C=O) groups excluding carboxylic acids is 1. The lowest BCUT2D eigenvalue weighted by Gasteiger charge is -2.14. The highest BCUT2D eigenvalue weighted by atomic mass is 35.5. The normalized spacial score (nSPS) is 11.8. The molecule has 0 aliphatic carbocycles. The summed E-state index contributed by atoms with van der Waals surface area (Å²) in [6, 6.07) is 15.5. The molecule has 0 fully saturated rings. The third-order valence-corrected chi connectivity index (χ3v) is 4.35. The fraction of sp³-hybridized carbons (Fsp3) is 0.350. The Morgan fingerprint density at radius 3 is 2.64 bits per heavy atom. The number of hydrogen-bond acceptors (Lipinski definition) is 2. The van der Waals surface area contributed by atoms with Crippen LogP contribution in [0, 0.1) is 0 Å². The number of aryl methyl sites for hydroxylation is 1. The average Bonchev–Trinajstić information content (AvgIpc) is 2.59. The van der Waals surface area contributed by atoms with Crippen LogP contribution in [0.2, 0.25) is 10.0 Å². The molecule has 3 nitrogen and oxygen atoms in total. The summed E-state index contributed by atoms with van der Waals surface area (Å²) < 4.78 is 5.58. The van der Waals surface area contributed by atoms with Crippen molar-refractivity contribution >= 4 is 29.1 Å². The maximum Gasteiger partial charge on any atom is 0.220 e. The van der Waals surface area contributed by atoms with Gasteiger partial charge in [0.2, 0.25) is 5.91 Å². The Morgan fingerprint density at radius 1 is 1.16 bits per heavy atom. The maximum atomic E-state index is 12.0. The van der Waals surface area contributed by atoms with E-state index in [1.807, 2.05) is 25.1 Å². The van der Waals surface area contributed by atoms with Gasteiger partial charge in [0, 0.05) is 17.5 Å². The predicted molar refractivity (Wildman–Crippen MR) is 104 cm³/mol. The minimum atomic E-state index is 0.0476. The standard InChI is InChI=1S/C20H23Cl2NO2/c1-15(9-10-16-6-3-2-4-7-16)23-20(24)8-5-13-25-19-12-11-17(21)14-18(19)22/h2-4,6-7,11-12,14-15H,5,8-10,13H2,1H3,(H,23,24). The molecule has 0 bridgehead atoms. The Bertz CT molecular complexity index is 677. The molecule has 2 aromatic rings. The van der Waals surface area contributed by atoms with Gasteiger partial charge >= 0.3 is 0 Å². The van der Waals surface area contributed by atoms with Gasteiger partial charge in [-0.15, -0.1) is 0 Å². The molecule has 1 N–H and O–H groups in total. The number of ether oxygens (including phenoxy) is 1. The van der Waals surface area contributed by atoms with Crippen LogP contribution in [0.15, 0.2) is 48.5 Å². The SMILES string of the molecule is CC(CCc1ccccc1)NC(=O)CCCOc1ccc(Cl)cc1Cl. The van der Waals surface area contributed by atoms with Crippen LogP contribution in [0.3, 0.4) is 0 Å². The van der Waals surface area contributed by atoms with Crippen LogP contribution in [0.1, 0.15) is 31.7 Å². The van der Waals surface area contributed by atoms with Gasteiger partial charge in [0.15, 0.2) is 0 Å². The molecule has 134 valence electrons. The summed E-state index contributed by atoms with van der Waals surface area (Å²) in [6.45, 7) is 2.47. The van der Waals surface area contributed by atoms with E-state index in [2.05, 4.69) is 17.4 Å². The van der Waals surface area contributed by atoms with Gasteiger partial charge in [-0.3, -0.25) is 4.79 Å². The van der Waals surface area contributed by atoms with Crippen LogP contribution in [0.5, 0.6) is 5.75 Å². The van der Waals surface area contributed by atoms with Crippen molar-refractivity contribution in [2.75, 3.05) is 6.61 Å². The second-order valence-corrected chi connectivity index (χ2v) is 6.86. The molecule has 2 aromatic carbocycles. The zero-order chi connectivity index (χ0) is 18.1. The van der Waals surface area contributed by atoms with Gasteiger partial charge in [0.25, 0.3) is 0 Å². The third kappa shape index (κ3) is 7.37. The summed E-state index contributed by atoms with van der Waals surface area (Å²) in [5.41, 5.74) is 1.29.